The van der Waals surface area contributed by atoms with E-state index in [1.54, 1.807) is 18.2 Å². The molecule has 1 amide bonds. The van der Waals surface area contributed by atoms with Crippen LogP contribution in [0.1, 0.15) is 27.9 Å². The van der Waals surface area contributed by atoms with E-state index in [-0.39, 0.29) is 12.5 Å². The number of benzene rings is 1. The first-order valence-corrected chi connectivity index (χ1v) is 6.50. The second-order valence-corrected chi connectivity index (χ2v) is 4.39. The highest BCUT2D eigenvalue weighted by molar-refractivity contribution is 6.05. The van der Waals surface area contributed by atoms with Crippen molar-refractivity contribution in [3.63, 3.8) is 0 Å². The van der Waals surface area contributed by atoms with Crippen molar-refractivity contribution >= 4 is 11.7 Å². The predicted octanol–water partition coefficient (Wildman–Crippen LogP) is 1.77. The van der Waals surface area contributed by atoms with E-state index in [0.717, 1.165) is 5.56 Å². The number of nitrogens with zero attached hydrogens (tertiary/aromatic N) is 2. The Bertz CT molecular complexity index is 688. The first-order chi connectivity index (χ1) is 10.2. The molecule has 1 heterocycles. The molecule has 0 saturated carbocycles. The quantitative estimate of drug-likeness (QED) is 0.841. The molecule has 0 fully saturated rings. The van der Waals surface area contributed by atoms with E-state index in [0.29, 0.717) is 23.4 Å². The summed E-state index contributed by atoms with van der Waals surface area (Å²) >= 11 is 0. The summed E-state index contributed by atoms with van der Waals surface area (Å²) in [6.45, 7) is 1.93. The minimum absolute atomic E-state index is 0.0000494. The zero-order chi connectivity index (χ0) is 15.1. The number of carbonyl (C=O) groups is 1. The number of carbonyl (C=O) groups excluding carboxylic acids is 1. The van der Waals surface area contributed by atoms with Gasteiger partial charge in [0.25, 0.3) is 5.91 Å². The Morgan fingerprint density at radius 1 is 1.38 bits per heavy atom. The highest BCUT2D eigenvalue weighted by Gasteiger charge is 2.11. The second-order valence-electron chi connectivity index (χ2n) is 4.39. The van der Waals surface area contributed by atoms with E-state index >= 15 is 0 Å². The number of amides is 1. The Balaban J connectivity index is 2.26. The first kappa shape index (κ1) is 14.7. The van der Waals surface area contributed by atoms with Gasteiger partial charge in [0.2, 0.25) is 0 Å². The third-order valence-corrected chi connectivity index (χ3v) is 2.69. The molecular weight excluding hydrogens is 266 g/mol. The summed E-state index contributed by atoms with van der Waals surface area (Å²) in [5, 5.41) is 19.0. The Kier molecular flexibility index (Phi) is 5.02. The molecule has 0 saturated heterocycles. The van der Waals surface area contributed by atoms with E-state index in [2.05, 4.69) is 27.4 Å². The monoisotopic (exact) mass is 281 g/mol. The van der Waals surface area contributed by atoms with Crippen LogP contribution >= 0.6 is 0 Å². The molecule has 1 aromatic carbocycles. The van der Waals surface area contributed by atoms with Crippen LogP contribution in [0.3, 0.4) is 0 Å². The summed E-state index contributed by atoms with van der Waals surface area (Å²) in [5.74, 6) is 5.84. The van der Waals surface area contributed by atoms with Crippen LogP contribution in [-0.2, 0) is 0 Å². The van der Waals surface area contributed by atoms with Gasteiger partial charge in [0.05, 0.1) is 12.2 Å². The molecule has 0 bridgehead atoms. The molecular formula is C16H15N3O2. The number of hydrogen-bond donors (Lipinski definition) is 2. The van der Waals surface area contributed by atoms with Crippen LogP contribution < -0.4 is 5.32 Å². The van der Waals surface area contributed by atoms with Crippen LogP contribution in [-0.4, -0.2) is 27.8 Å². The Morgan fingerprint density at radius 2 is 2.24 bits per heavy atom. The maximum absolute atomic E-state index is 12.3. The summed E-state index contributed by atoms with van der Waals surface area (Å²) < 4.78 is 0. The Labute approximate surface area is 123 Å². The fourth-order valence-corrected chi connectivity index (χ4v) is 1.72. The van der Waals surface area contributed by atoms with Crippen LogP contribution in [0.4, 0.5) is 5.82 Å². The second kappa shape index (κ2) is 7.17. The number of nitrogens with one attached hydrogen (secondary N) is 1. The van der Waals surface area contributed by atoms with Gasteiger partial charge in [-0.1, -0.05) is 17.9 Å². The molecule has 0 aliphatic rings. The summed E-state index contributed by atoms with van der Waals surface area (Å²) in [6, 6.07) is 8.78. The fourth-order valence-electron chi connectivity index (χ4n) is 1.72. The summed E-state index contributed by atoms with van der Waals surface area (Å²) in [6.07, 6.45) is 1.91. The normalized spacial score (nSPS) is 9.62. The van der Waals surface area contributed by atoms with Crippen molar-refractivity contribution in [1.29, 1.82) is 0 Å². The van der Waals surface area contributed by atoms with E-state index in [9.17, 15) is 4.79 Å². The van der Waals surface area contributed by atoms with Crippen molar-refractivity contribution in [1.82, 2.24) is 10.2 Å². The molecule has 21 heavy (non-hydrogen) atoms. The maximum atomic E-state index is 12.3. The zero-order valence-electron chi connectivity index (χ0n) is 11.6. The lowest BCUT2D eigenvalue weighted by atomic mass is 10.0. The van der Waals surface area contributed by atoms with Crippen molar-refractivity contribution in [2.45, 2.75) is 13.3 Å². The van der Waals surface area contributed by atoms with E-state index in [4.69, 9.17) is 5.11 Å². The first-order valence-electron chi connectivity index (χ1n) is 6.50. The summed E-state index contributed by atoms with van der Waals surface area (Å²) in [7, 11) is 0. The highest BCUT2D eigenvalue weighted by atomic mass is 16.2. The topological polar surface area (TPSA) is 75.1 Å². The van der Waals surface area contributed by atoms with Gasteiger partial charge in [-0.25, -0.2) is 0 Å². The third-order valence-electron chi connectivity index (χ3n) is 2.69. The lowest BCUT2D eigenvalue weighted by Crippen LogP contribution is -2.14. The standard InChI is InChI=1S/C16H15N3O2/c1-12-7-8-14(13(11-12)5-2-3-10-20)16(21)18-15-6-4-9-17-19-15/h4,6-9,11,20H,3,10H2,1H3,(H,18,19,21). The van der Waals surface area contributed by atoms with Gasteiger partial charge in [0.15, 0.2) is 5.82 Å². The predicted molar refractivity (Wildman–Crippen MR) is 79.7 cm³/mol. The van der Waals surface area contributed by atoms with Crippen molar-refractivity contribution in [3.05, 3.63) is 53.2 Å². The molecule has 5 nitrogen and oxygen atoms in total. The smallest absolute Gasteiger partial charge is 0.258 e. The number of rotatable bonds is 3. The number of hydrogen-bond acceptors (Lipinski definition) is 4. The van der Waals surface area contributed by atoms with Gasteiger partial charge in [-0.2, -0.15) is 5.10 Å². The number of anilines is 1. The SMILES string of the molecule is Cc1ccc(C(=O)Nc2cccnn2)c(C#CCCO)c1. The Morgan fingerprint density at radius 3 is 2.95 bits per heavy atom. The number of aliphatic hydroxyl groups is 1. The van der Waals surface area contributed by atoms with Gasteiger partial charge in [-0.15, -0.1) is 5.10 Å². The van der Waals surface area contributed by atoms with Crippen LogP contribution in [0.2, 0.25) is 0 Å². The van der Waals surface area contributed by atoms with Gasteiger partial charge >= 0.3 is 0 Å². The molecule has 2 aromatic rings. The molecule has 1 aromatic heterocycles. The molecule has 0 atom stereocenters. The molecule has 2 rings (SSSR count). The maximum Gasteiger partial charge on any atom is 0.258 e. The molecule has 0 aliphatic heterocycles. The molecule has 0 radical (unpaired) electrons. The molecule has 0 aliphatic carbocycles. The van der Waals surface area contributed by atoms with E-state index in [1.165, 1.54) is 6.20 Å². The minimum atomic E-state index is -0.288. The average Bonchev–Trinajstić information content (AvgIpc) is 2.48. The highest BCUT2D eigenvalue weighted by Crippen LogP contribution is 2.13. The third kappa shape index (κ3) is 4.13. The fraction of sp³-hybridized carbons (Fsp3) is 0.188. The van der Waals surface area contributed by atoms with Gasteiger partial charge in [-0.3, -0.25) is 4.79 Å². The van der Waals surface area contributed by atoms with Gasteiger partial charge < -0.3 is 10.4 Å². The summed E-state index contributed by atoms with van der Waals surface area (Å²) in [5.41, 5.74) is 2.11. The average molecular weight is 281 g/mol. The molecule has 0 spiro atoms. The van der Waals surface area contributed by atoms with Gasteiger partial charge in [0, 0.05) is 18.2 Å². The van der Waals surface area contributed by atoms with Gasteiger partial charge in [-0.05, 0) is 36.8 Å². The lowest BCUT2D eigenvalue weighted by Gasteiger charge is -2.06. The molecule has 106 valence electrons. The van der Waals surface area contributed by atoms with Crippen LogP contribution in [0.15, 0.2) is 36.5 Å². The van der Waals surface area contributed by atoms with Crippen molar-refractivity contribution < 1.29 is 9.90 Å². The molecule has 0 unspecified atom stereocenters. The lowest BCUT2D eigenvalue weighted by molar-refractivity contribution is 0.102. The van der Waals surface area contributed by atoms with Crippen molar-refractivity contribution in [2.75, 3.05) is 11.9 Å². The number of aliphatic hydroxyl groups excluding tert-OH is 1. The van der Waals surface area contributed by atoms with E-state index < -0.39 is 0 Å². The molecule has 2 N–H and O–H groups in total. The zero-order valence-corrected chi connectivity index (χ0v) is 11.6. The minimum Gasteiger partial charge on any atom is -0.395 e. The van der Waals surface area contributed by atoms with Gasteiger partial charge in [0.1, 0.15) is 0 Å². The van der Waals surface area contributed by atoms with Crippen molar-refractivity contribution in [3.8, 4) is 11.8 Å². The summed E-state index contributed by atoms with van der Waals surface area (Å²) in [4.78, 5) is 12.3. The largest absolute Gasteiger partial charge is 0.395 e. The number of aryl methyl sites for hydroxylation is 1. The van der Waals surface area contributed by atoms with Crippen LogP contribution in [0.25, 0.3) is 0 Å². The van der Waals surface area contributed by atoms with Crippen LogP contribution in [0, 0.1) is 18.8 Å². The molecule has 5 heteroatoms. The number of aromatic nitrogens is 2. The van der Waals surface area contributed by atoms with Crippen molar-refractivity contribution in [2.24, 2.45) is 0 Å². The van der Waals surface area contributed by atoms with Crippen LogP contribution in [0.5, 0.6) is 0 Å². The van der Waals surface area contributed by atoms with E-state index in [1.807, 2.05) is 19.1 Å². The Hall–Kier alpha value is -2.71.